The predicted octanol–water partition coefficient (Wildman–Crippen LogP) is 3.64. The lowest BCUT2D eigenvalue weighted by atomic mass is 10.2. The minimum atomic E-state index is -0.385. The third-order valence-electron chi connectivity index (χ3n) is 3.51. The molecule has 14 heavy (non-hydrogen) atoms. The van der Waals surface area contributed by atoms with E-state index in [1.54, 1.807) is 0 Å². The maximum atomic E-state index is 2.85. The Morgan fingerprint density at radius 1 is 1.21 bits per heavy atom. The Labute approximate surface area is 91.7 Å². The Bertz CT molecular complexity index is 164. The highest BCUT2D eigenvalue weighted by atomic mass is 32.3. The van der Waals surface area contributed by atoms with E-state index >= 15 is 0 Å². The molecule has 1 rings (SSSR count). The van der Waals surface area contributed by atoms with E-state index in [9.17, 15) is 0 Å². The van der Waals surface area contributed by atoms with Crippen LogP contribution in [0.25, 0.3) is 0 Å². The summed E-state index contributed by atoms with van der Waals surface area (Å²) < 4.78 is 2.85. The van der Waals surface area contributed by atoms with Crippen LogP contribution in [0, 0.1) is 0 Å². The van der Waals surface area contributed by atoms with Gasteiger partial charge in [-0.1, -0.05) is 13.8 Å². The fourth-order valence-electron chi connectivity index (χ4n) is 2.46. The molecule has 1 unspecified atom stereocenters. The first-order valence-corrected chi connectivity index (χ1v) is 8.48. The van der Waals surface area contributed by atoms with Crippen molar-refractivity contribution in [1.29, 1.82) is 0 Å². The number of nitrogens with zero attached hydrogens (tertiary/aromatic N) is 1. The van der Waals surface area contributed by atoms with E-state index in [4.69, 9.17) is 0 Å². The summed E-state index contributed by atoms with van der Waals surface area (Å²) in [5.74, 6) is 2.99. The van der Waals surface area contributed by atoms with E-state index < -0.39 is 0 Å². The lowest BCUT2D eigenvalue weighted by Gasteiger charge is -2.47. The molecule has 1 heterocycles. The average Bonchev–Trinajstić information content (AvgIpc) is 2.61. The molecule has 0 amide bonds. The van der Waals surface area contributed by atoms with Gasteiger partial charge in [-0.3, -0.25) is 4.31 Å². The molecule has 1 atom stereocenters. The molecular formula is C12H27NS. The third kappa shape index (κ3) is 2.66. The molecule has 1 aliphatic rings. The highest BCUT2D eigenvalue weighted by Crippen LogP contribution is 2.54. The molecule has 1 nitrogen and oxygen atoms in total. The zero-order chi connectivity index (χ0) is 10.6. The van der Waals surface area contributed by atoms with Crippen molar-refractivity contribution in [2.75, 3.05) is 24.3 Å². The normalized spacial score (nSPS) is 25.2. The lowest BCUT2D eigenvalue weighted by molar-refractivity contribution is 0.356. The molecule has 2 heteroatoms. The van der Waals surface area contributed by atoms with Crippen molar-refractivity contribution in [2.45, 2.75) is 52.5 Å². The first-order valence-electron chi connectivity index (χ1n) is 6.14. The Morgan fingerprint density at radius 3 is 2.21 bits per heavy atom. The van der Waals surface area contributed by atoms with Gasteiger partial charge in [0.1, 0.15) is 0 Å². The second-order valence-corrected chi connectivity index (χ2v) is 8.47. The summed E-state index contributed by atoms with van der Waals surface area (Å²) in [5.41, 5.74) is 0. The zero-order valence-electron chi connectivity index (χ0n) is 10.4. The molecule has 0 saturated carbocycles. The molecule has 1 aliphatic heterocycles. The Balaban J connectivity index is 2.64. The minimum Gasteiger partial charge on any atom is -0.265 e. The molecule has 1 saturated heterocycles. The van der Waals surface area contributed by atoms with Gasteiger partial charge in [-0.25, -0.2) is 0 Å². The van der Waals surface area contributed by atoms with Gasteiger partial charge in [-0.15, -0.1) is 0 Å². The van der Waals surface area contributed by atoms with Crippen molar-refractivity contribution in [3.63, 3.8) is 0 Å². The average molecular weight is 217 g/mol. The van der Waals surface area contributed by atoms with Crippen LogP contribution in [0.15, 0.2) is 0 Å². The quantitative estimate of drug-likeness (QED) is 0.679. The van der Waals surface area contributed by atoms with E-state index in [1.807, 2.05) is 0 Å². The molecule has 0 radical (unpaired) electrons. The number of rotatable bonds is 5. The van der Waals surface area contributed by atoms with Crippen molar-refractivity contribution >= 4 is 10.2 Å². The van der Waals surface area contributed by atoms with Crippen LogP contribution in [-0.2, 0) is 0 Å². The number of hydrogen-bond donors (Lipinski definition) is 0. The van der Waals surface area contributed by atoms with Crippen molar-refractivity contribution < 1.29 is 0 Å². The van der Waals surface area contributed by atoms with Crippen molar-refractivity contribution in [2.24, 2.45) is 0 Å². The van der Waals surface area contributed by atoms with Crippen LogP contribution in [0.2, 0.25) is 0 Å². The van der Waals surface area contributed by atoms with Crippen LogP contribution in [0.4, 0.5) is 0 Å². The molecule has 0 spiro atoms. The van der Waals surface area contributed by atoms with Gasteiger partial charge in [0.25, 0.3) is 0 Å². The van der Waals surface area contributed by atoms with Gasteiger partial charge in [0.15, 0.2) is 0 Å². The third-order valence-corrected chi connectivity index (χ3v) is 7.52. The van der Waals surface area contributed by atoms with Crippen molar-refractivity contribution in [1.82, 2.24) is 4.31 Å². The van der Waals surface area contributed by atoms with E-state index in [1.165, 1.54) is 43.7 Å². The first-order chi connectivity index (χ1) is 6.64. The Kier molecular flexibility index (Phi) is 4.78. The molecular weight excluding hydrogens is 190 g/mol. The van der Waals surface area contributed by atoms with Gasteiger partial charge in [0, 0.05) is 12.6 Å². The summed E-state index contributed by atoms with van der Waals surface area (Å²) in [7, 11) is -0.385. The SMILES string of the molecule is CCCN(C(C)CC)S1(C)CCCC1. The largest absolute Gasteiger partial charge is 0.265 e. The summed E-state index contributed by atoms with van der Waals surface area (Å²) in [6, 6.07) is 0.799. The van der Waals surface area contributed by atoms with Crippen LogP contribution < -0.4 is 0 Å². The molecule has 0 aromatic rings. The molecule has 0 aromatic heterocycles. The fraction of sp³-hybridized carbons (Fsp3) is 1.00. The van der Waals surface area contributed by atoms with Gasteiger partial charge < -0.3 is 0 Å². The predicted molar refractivity (Wildman–Crippen MR) is 69.2 cm³/mol. The highest BCUT2D eigenvalue weighted by Gasteiger charge is 2.31. The van der Waals surface area contributed by atoms with Gasteiger partial charge in [-0.2, -0.15) is 10.2 Å². The minimum absolute atomic E-state index is 0.385. The van der Waals surface area contributed by atoms with Crippen LogP contribution in [0.5, 0.6) is 0 Å². The summed E-state index contributed by atoms with van der Waals surface area (Å²) >= 11 is 0. The topological polar surface area (TPSA) is 3.24 Å². The monoisotopic (exact) mass is 217 g/mol. The Morgan fingerprint density at radius 2 is 1.79 bits per heavy atom. The van der Waals surface area contributed by atoms with Crippen LogP contribution in [0.1, 0.15) is 46.5 Å². The van der Waals surface area contributed by atoms with E-state index in [0.29, 0.717) is 0 Å². The molecule has 1 fully saturated rings. The van der Waals surface area contributed by atoms with Gasteiger partial charge in [-0.05, 0) is 50.4 Å². The fourth-order valence-corrected chi connectivity index (χ4v) is 6.43. The lowest BCUT2D eigenvalue weighted by Crippen LogP contribution is -2.36. The summed E-state index contributed by atoms with van der Waals surface area (Å²) in [6.45, 7) is 8.37. The van der Waals surface area contributed by atoms with E-state index in [-0.39, 0.29) is 10.2 Å². The summed E-state index contributed by atoms with van der Waals surface area (Å²) in [5, 5.41) is 0. The highest BCUT2D eigenvalue weighted by molar-refractivity contribution is 8.31. The van der Waals surface area contributed by atoms with Gasteiger partial charge in [0.05, 0.1) is 0 Å². The zero-order valence-corrected chi connectivity index (χ0v) is 11.2. The molecule has 0 bridgehead atoms. The van der Waals surface area contributed by atoms with Gasteiger partial charge >= 0.3 is 0 Å². The molecule has 0 aromatic carbocycles. The van der Waals surface area contributed by atoms with Gasteiger partial charge in [0.2, 0.25) is 0 Å². The van der Waals surface area contributed by atoms with E-state index in [2.05, 4.69) is 31.3 Å². The standard InChI is InChI=1S/C12H27NS/c1-5-9-13(12(3)6-2)14(4)10-7-8-11-14/h12H,5-11H2,1-4H3. The maximum absolute atomic E-state index is 2.85. The van der Waals surface area contributed by atoms with Crippen LogP contribution in [0.3, 0.4) is 0 Å². The van der Waals surface area contributed by atoms with Crippen molar-refractivity contribution in [3.05, 3.63) is 0 Å². The molecule has 86 valence electrons. The number of hydrogen-bond acceptors (Lipinski definition) is 1. The van der Waals surface area contributed by atoms with Crippen molar-refractivity contribution in [3.8, 4) is 0 Å². The summed E-state index contributed by atoms with van der Waals surface area (Å²) in [4.78, 5) is 0. The van der Waals surface area contributed by atoms with Crippen LogP contribution in [-0.4, -0.2) is 34.7 Å². The second kappa shape index (κ2) is 5.41. The van der Waals surface area contributed by atoms with Crippen LogP contribution >= 0.6 is 10.2 Å². The molecule has 0 N–H and O–H groups in total. The smallest absolute Gasteiger partial charge is 0.0156 e. The maximum Gasteiger partial charge on any atom is 0.0156 e. The first kappa shape index (κ1) is 12.4. The second-order valence-electron chi connectivity index (χ2n) is 4.74. The molecule has 0 aliphatic carbocycles. The summed E-state index contributed by atoms with van der Waals surface area (Å²) in [6.07, 6.45) is 8.13. The van der Waals surface area contributed by atoms with E-state index in [0.717, 1.165) is 6.04 Å². The Hall–Kier alpha value is 0.310.